The van der Waals surface area contributed by atoms with Gasteiger partial charge < -0.3 is 15.1 Å². The predicted molar refractivity (Wildman–Crippen MR) is 78.8 cm³/mol. The van der Waals surface area contributed by atoms with Gasteiger partial charge in [0.25, 0.3) is 0 Å². The number of likely N-dealkylation sites (N-methyl/N-ethyl adjacent to an activating group) is 2. The average Bonchev–Trinajstić information content (AvgIpc) is 2.41. The molecule has 1 aromatic rings. The van der Waals surface area contributed by atoms with E-state index in [1.54, 1.807) is 19.2 Å². The van der Waals surface area contributed by atoms with Gasteiger partial charge in [0, 0.05) is 24.7 Å². The van der Waals surface area contributed by atoms with Crippen LogP contribution in [-0.4, -0.2) is 57.6 Å². The zero-order valence-corrected chi connectivity index (χ0v) is 12.8. The lowest BCUT2D eigenvalue weighted by Gasteiger charge is -2.23. The fraction of sp³-hybridized carbons (Fsp3) is 0.600. The lowest BCUT2D eigenvalue weighted by Crippen LogP contribution is -2.31. The second-order valence-corrected chi connectivity index (χ2v) is 5.38. The average molecular weight is 285 g/mol. The molecular weight excluding hydrogens is 260 g/mol. The van der Waals surface area contributed by atoms with Crippen molar-refractivity contribution in [3.63, 3.8) is 0 Å². The van der Waals surface area contributed by atoms with E-state index in [9.17, 15) is 8.78 Å². The number of hydrogen-bond donors (Lipinski definition) is 1. The van der Waals surface area contributed by atoms with E-state index >= 15 is 0 Å². The van der Waals surface area contributed by atoms with Crippen molar-refractivity contribution in [2.75, 3.05) is 47.8 Å². The van der Waals surface area contributed by atoms with Gasteiger partial charge in [-0.15, -0.1) is 0 Å². The SMILES string of the molecule is CNC(CCN(C)CCN(C)C)c1cccc(F)c1F. The van der Waals surface area contributed by atoms with Crippen molar-refractivity contribution >= 4 is 0 Å². The molecule has 1 atom stereocenters. The van der Waals surface area contributed by atoms with Crippen LogP contribution in [0, 0.1) is 11.6 Å². The Labute approximate surface area is 120 Å². The quantitative estimate of drug-likeness (QED) is 0.789. The molecule has 1 unspecified atom stereocenters. The van der Waals surface area contributed by atoms with Gasteiger partial charge in [-0.1, -0.05) is 12.1 Å². The first-order valence-electron chi connectivity index (χ1n) is 6.90. The van der Waals surface area contributed by atoms with Gasteiger partial charge in [-0.2, -0.15) is 0 Å². The largest absolute Gasteiger partial charge is 0.313 e. The minimum Gasteiger partial charge on any atom is -0.313 e. The van der Waals surface area contributed by atoms with Gasteiger partial charge in [0.2, 0.25) is 0 Å². The number of nitrogens with zero attached hydrogens (tertiary/aromatic N) is 2. The van der Waals surface area contributed by atoms with Crippen molar-refractivity contribution in [1.29, 1.82) is 0 Å². The molecule has 0 aromatic heterocycles. The van der Waals surface area contributed by atoms with Crippen molar-refractivity contribution in [3.05, 3.63) is 35.4 Å². The molecule has 114 valence electrons. The van der Waals surface area contributed by atoms with E-state index in [2.05, 4.69) is 15.1 Å². The number of hydrogen-bond acceptors (Lipinski definition) is 3. The van der Waals surface area contributed by atoms with Crippen molar-refractivity contribution in [1.82, 2.24) is 15.1 Å². The Hall–Kier alpha value is -1.04. The lowest BCUT2D eigenvalue weighted by molar-refractivity contribution is 0.269. The number of nitrogens with one attached hydrogen (secondary N) is 1. The summed E-state index contributed by atoms with van der Waals surface area (Å²) in [6, 6.07) is 4.16. The van der Waals surface area contributed by atoms with Crippen LogP contribution in [0.5, 0.6) is 0 Å². The maximum atomic E-state index is 13.8. The number of benzene rings is 1. The maximum absolute atomic E-state index is 13.8. The van der Waals surface area contributed by atoms with Gasteiger partial charge in [-0.05, 0) is 47.2 Å². The van der Waals surface area contributed by atoms with E-state index in [1.807, 2.05) is 21.1 Å². The van der Waals surface area contributed by atoms with Crippen molar-refractivity contribution in [3.8, 4) is 0 Å². The van der Waals surface area contributed by atoms with Crippen LogP contribution in [-0.2, 0) is 0 Å². The summed E-state index contributed by atoms with van der Waals surface area (Å²) in [6.07, 6.45) is 0.737. The van der Waals surface area contributed by atoms with Crippen LogP contribution < -0.4 is 5.32 Å². The minimum atomic E-state index is -0.788. The zero-order chi connectivity index (χ0) is 15.1. The van der Waals surface area contributed by atoms with Crippen LogP contribution >= 0.6 is 0 Å². The molecule has 0 amide bonds. The van der Waals surface area contributed by atoms with Crippen LogP contribution in [0.3, 0.4) is 0 Å². The van der Waals surface area contributed by atoms with Crippen molar-refractivity contribution in [2.45, 2.75) is 12.5 Å². The van der Waals surface area contributed by atoms with Gasteiger partial charge in [0.15, 0.2) is 11.6 Å². The van der Waals surface area contributed by atoms with Crippen molar-refractivity contribution in [2.24, 2.45) is 0 Å². The first kappa shape index (κ1) is 17.0. The van der Waals surface area contributed by atoms with Gasteiger partial charge in [-0.3, -0.25) is 0 Å². The predicted octanol–water partition coefficient (Wildman–Crippen LogP) is 2.11. The third-order valence-corrected chi connectivity index (χ3v) is 3.43. The van der Waals surface area contributed by atoms with E-state index in [1.165, 1.54) is 0 Å². The molecule has 5 heteroatoms. The summed E-state index contributed by atoms with van der Waals surface area (Å²) in [7, 11) is 7.88. The van der Waals surface area contributed by atoms with E-state index < -0.39 is 11.6 Å². The summed E-state index contributed by atoms with van der Waals surface area (Å²) in [5.41, 5.74) is 0.397. The van der Waals surface area contributed by atoms with Crippen LogP contribution in [0.1, 0.15) is 18.0 Å². The van der Waals surface area contributed by atoms with Crippen LogP contribution in [0.15, 0.2) is 18.2 Å². The molecular formula is C15H25F2N3. The Morgan fingerprint density at radius 3 is 2.40 bits per heavy atom. The van der Waals surface area contributed by atoms with Gasteiger partial charge in [-0.25, -0.2) is 8.78 Å². The summed E-state index contributed by atoms with van der Waals surface area (Å²) in [5.74, 6) is -1.54. The zero-order valence-electron chi connectivity index (χ0n) is 12.8. The molecule has 1 N–H and O–H groups in total. The normalized spacial score (nSPS) is 13.2. The molecule has 0 aliphatic heterocycles. The van der Waals surface area contributed by atoms with Gasteiger partial charge >= 0.3 is 0 Å². The smallest absolute Gasteiger partial charge is 0.163 e. The standard InChI is InChI=1S/C15H25F2N3/c1-18-14(8-9-20(4)11-10-19(2)3)12-6-5-7-13(16)15(12)17/h5-7,14,18H,8-11H2,1-4H3. The molecule has 1 rings (SSSR count). The molecule has 0 aliphatic rings. The second kappa shape index (κ2) is 8.29. The number of halogens is 2. The maximum Gasteiger partial charge on any atom is 0.163 e. The lowest BCUT2D eigenvalue weighted by atomic mass is 10.0. The molecule has 0 fully saturated rings. The fourth-order valence-corrected chi connectivity index (χ4v) is 2.08. The molecule has 0 saturated heterocycles. The number of rotatable bonds is 8. The van der Waals surface area contributed by atoms with E-state index in [4.69, 9.17) is 0 Å². The Morgan fingerprint density at radius 2 is 1.80 bits per heavy atom. The first-order chi connectivity index (χ1) is 9.45. The fourth-order valence-electron chi connectivity index (χ4n) is 2.08. The third kappa shape index (κ3) is 5.15. The second-order valence-electron chi connectivity index (χ2n) is 5.38. The molecule has 0 aliphatic carbocycles. The van der Waals surface area contributed by atoms with Gasteiger partial charge in [0.1, 0.15) is 0 Å². The Bertz CT molecular complexity index is 410. The summed E-state index contributed by atoms with van der Waals surface area (Å²) >= 11 is 0. The summed E-state index contributed by atoms with van der Waals surface area (Å²) in [4.78, 5) is 4.32. The highest BCUT2D eigenvalue weighted by Gasteiger charge is 2.17. The Balaban J connectivity index is 2.57. The Morgan fingerprint density at radius 1 is 1.10 bits per heavy atom. The van der Waals surface area contributed by atoms with Crippen LogP contribution in [0.4, 0.5) is 8.78 Å². The highest BCUT2D eigenvalue weighted by molar-refractivity contribution is 5.22. The Kier molecular flexibility index (Phi) is 7.05. The minimum absolute atomic E-state index is 0.174. The topological polar surface area (TPSA) is 18.5 Å². The van der Waals surface area contributed by atoms with E-state index in [0.717, 1.165) is 32.1 Å². The van der Waals surface area contributed by atoms with E-state index in [-0.39, 0.29) is 6.04 Å². The molecule has 0 spiro atoms. The summed E-state index contributed by atoms with van der Waals surface area (Å²) in [6.45, 7) is 2.76. The van der Waals surface area contributed by atoms with Crippen molar-refractivity contribution < 1.29 is 8.78 Å². The third-order valence-electron chi connectivity index (χ3n) is 3.43. The molecule has 1 aromatic carbocycles. The summed E-state index contributed by atoms with van der Waals surface area (Å²) < 4.78 is 27.0. The highest BCUT2D eigenvalue weighted by atomic mass is 19.2. The van der Waals surface area contributed by atoms with Crippen LogP contribution in [0.25, 0.3) is 0 Å². The molecule has 0 saturated carbocycles. The monoisotopic (exact) mass is 285 g/mol. The molecule has 0 heterocycles. The molecule has 3 nitrogen and oxygen atoms in total. The van der Waals surface area contributed by atoms with E-state index in [0.29, 0.717) is 5.56 Å². The molecule has 20 heavy (non-hydrogen) atoms. The highest BCUT2D eigenvalue weighted by Crippen LogP contribution is 2.21. The molecule has 0 radical (unpaired) electrons. The molecule has 0 bridgehead atoms. The summed E-state index contributed by atoms with van der Waals surface area (Å²) in [5, 5.41) is 3.06. The van der Waals surface area contributed by atoms with Crippen LogP contribution in [0.2, 0.25) is 0 Å². The van der Waals surface area contributed by atoms with Gasteiger partial charge in [0.05, 0.1) is 0 Å². The first-order valence-corrected chi connectivity index (χ1v) is 6.90.